The predicted octanol–water partition coefficient (Wildman–Crippen LogP) is 6.77. The van der Waals surface area contributed by atoms with Crippen LogP contribution < -0.4 is 27.0 Å². The lowest BCUT2D eigenvalue weighted by Gasteiger charge is -2.36. The van der Waals surface area contributed by atoms with Crippen molar-refractivity contribution in [1.29, 1.82) is 0 Å². The first-order valence-electron chi connectivity index (χ1n) is 27.6. The van der Waals surface area contributed by atoms with Crippen molar-refractivity contribution in [2.75, 3.05) is 138 Å². The van der Waals surface area contributed by atoms with E-state index in [9.17, 15) is 19.2 Å². The third-order valence-electron chi connectivity index (χ3n) is 13.4. The van der Waals surface area contributed by atoms with Crippen molar-refractivity contribution in [3.05, 3.63) is 89.0 Å². The number of alkyl carbamates (subject to hydrolysis) is 1. The first-order valence-corrected chi connectivity index (χ1v) is 30.6. The van der Waals surface area contributed by atoms with Gasteiger partial charge in [-0.05, 0) is 76.8 Å². The number of fused-ring (bicyclic) bond motifs is 3. The number of benzene rings is 3. The Hall–Kier alpha value is -5.48. The van der Waals surface area contributed by atoms with Crippen molar-refractivity contribution < 1.29 is 71.0 Å². The van der Waals surface area contributed by atoms with Gasteiger partial charge in [0.25, 0.3) is 0 Å². The molecular formula is C59H89N5O15Si. The van der Waals surface area contributed by atoms with E-state index in [1.807, 2.05) is 42.5 Å². The standard InChI is InChI=1S/C59H89N5O15Si/c1-44(2)54(64-58(68)78-43-52-50-18-11-9-16-48(50)49-17-10-12-19-51(49)52)56(66)63-53(20-13-23-61-57(60)67)55(65)62-47-22-21-46(42-79-80(7,8)59(3,4)5)45(41-47)15-14-24-70-27-28-72-31-32-74-35-36-76-39-40-77-38-37-75-34-33-73-30-29-71-26-25-69-6/h9-12,16-19,21-22,41,44,52-54H,13,20,23-40,42-43H2,1-8H3,(H,62,65)(H,63,66)(H,64,68)(H3,60,61,67)/t53-,54-/m0/s1. The highest BCUT2D eigenvalue weighted by Gasteiger charge is 2.37. The molecule has 80 heavy (non-hydrogen) atoms. The highest BCUT2D eigenvalue weighted by Crippen LogP contribution is 2.44. The number of nitrogens with one attached hydrogen (secondary N) is 4. The Morgan fingerprint density at radius 1 is 0.662 bits per heavy atom. The van der Waals surface area contributed by atoms with Crippen molar-refractivity contribution >= 4 is 37.9 Å². The summed E-state index contributed by atoms with van der Waals surface area (Å²) in [6.07, 6.45) is -0.309. The molecule has 5 amide bonds. The van der Waals surface area contributed by atoms with E-state index in [0.717, 1.165) is 27.8 Å². The fourth-order valence-corrected chi connectivity index (χ4v) is 8.84. The fourth-order valence-electron chi connectivity index (χ4n) is 7.89. The van der Waals surface area contributed by atoms with Crippen LogP contribution in [0, 0.1) is 17.8 Å². The van der Waals surface area contributed by atoms with Crippen molar-refractivity contribution in [2.24, 2.45) is 11.7 Å². The molecule has 0 radical (unpaired) electrons. The molecule has 20 nitrogen and oxygen atoms in total. The second-order valence-electron chi connectivity index (χ2n) is 20.7. The zero-order chi connectivity index (χ0) is 58.0. The summed E-state index contributed by atoms with van der Waals surface area (Å²) in [6, 6.07) is 18.6. The number of nitrogens with two attached hydrogens (primary N) is 1. The molecule has 0 aliphatic heterocycles. The number of carbonyl (C=O) groups is 4. The van der Waals surface area contributed by atoms with E-state index in [1.165, 1.54) is 0 Å². The largest absolute Gasteiger partial charge is 0.449 e. The van der Waals surface area contributed by atoms with Gasteiger partial charge in [0.15, 0.2) is 8.32 Å². The highest BCUT2D eigenvalue weighted by molar-refractivity contribution is 6.74. The Labute approximate surface area is 474 Å². The minimum Gasteiger partial charge on any atom is -0.449 e. The molecule has 4 rings (SSSR count). The van der Waals surface area contributed by atoms with Crippen molar-refractivity contribution in [3.63, 3.8) is 0 Å². The molecule has 3 aromatic rings. The zero-order valence-electron chi connectivity index (χ0n) is 48.4. The molecule has 0 bridgehead atoms. The molecule has 2 atom stereocenters. The van der Waals surface area contributed by atoms with Crippen LogP contribution in [-0.2, 0) is 68.0 Å². The number of amides is 5. The van der Waals surface area contributed by atoms with Crippen LogP contribution in [0.5, 0.6) is 0 Å². The average Bonchev–Trinajstić information content (AvgIpc) is 3.74. The molecule has 1 aliphatic rings. The number of hydrogen-bond acceptors (Lipinski definition) is 15. The minimum absolute atomic E-state index is 0.0271. The Morgan fingerprint density at radius 2 is 1.16 bits per heavy atom. The Kier molecular flexibility index (Phi) is 31.4. The average molecular weight is 1140 g/mol. The zero-order valence-corrected chi connectivity index (χ0v) is 49.4. The van der Waals surface area contributed by atoms with Crippen LogP contribution >= 0.6 is 0 Å². The molecule has 0 saturated carbocycles. The molecule has 0 spiro atoms. The topological polar surface area (TPSA) is 244 Å². The molecule has 0 unspecified atom stereocenters. The third-order valence-corrected chi connectivity index (χ3v) is 17.9. The number of urea groups is 1. The SMILES string of the molecule is COCCOCCOCCOCCOCCOCCOCCOCCOCC#Cc1cc(NC(=O)[C@H](CCCNC(N)=O)NC(=O)[C@@H](NC(=O)OCC2c3ccccc3-c3ccccc32)C(C)C)ccc1CO[Si](C)(C)C(C)(C)C. The predicted molar refractivity (Wildman–Crippen MR) is 308 cm³/mol. The molecule has 0 saturated heterocycles. The van der Waals surface area contributed by atoms with Crippen molar-refractivity contribution in [2.45, 2.75) is 90.2 Å². The van der Waals surface area contributed by atoms with Crippen molar-refractivity contribution in [1.82, 2.24) is 16.0 Å². The van der Waals surface area contributed by atoms with Gasteiger partial charge in [0, 0.05) is 30.8 Å². The van der Waals surface area contributed by atoms with Crippen LogP contribution in [-0.4, -0.2) is 177 Å². The smallest absolute Gasteiger partial charge is 0.407 e. The summed E-state index contributed by atoms with van der Waals surface area (Å²) in [5.41, 5.74) is 11.5. The van der Waals surface area contributed by atoms with Gasteiger partial charge in [0.05, 0.1) is 112 Å². The number of anilines is 1. The Bertz CT molecular complexity index is 2330. The number of primary amides is 1. The van der Waals surface area contributed by atoms with E-state index in [1.54, 1.807) is 33.1 Å². The molecule has 21 heteroatoms. The molecule has 0 fully saturated rings. The molecule has 444 valence electrons. The molecule has 6 N–H and O–H groups in total. The van der Waals surface area contributed by atoms with Crippen LogP contribution in [0.1, 0.15) is 75.6 Å². The van der Waals surface area contributed by atoms with Gasteiger partial charge in [-0.3, -0.25) is 9.59 Å². The fraction of sp³-hybridized carbons (Fsp3) is 0.593. The lowest BCUT2D eigenvalue weighted by Crippen LogP contribution is -2.54. The van der Waals surface area contributed by atoms with Gasteiger partial charge in [-0.25, -0.2) is 9.59 Å². The maximum absolute atomic E-state index is 14.1. The van der Waals surface area contributed by atoms with Crippen molar-refractivity contribution in [3.8, 4) is 23.0 Å². The maximum Gasteiger partial charge on any atom is 0.407 e. The molecule has 0 heterocycles. The van der Waals surface area contributed by atoms with E-state index in [0.29, 0.717) is 130 Å². The Balaban J connectivity index is 1.23. The van der Waals surface area contributed by atoms with Crippen LogP contribution in [0.4, 0.5) is 15.3 Å². The van der Waals surface area contributed by atoms with E-state index in [-0.39, 0.29) is 43.1 Å². The maximum atomic E-state index is 14.1. The first kappa shape index (κ1) is 67.0. The number of ether oxygens (including phenoxy) is 10. The summed E-state index contributed by atoms with van der Waals surface area (Å²) < 4.78 is 61.6. The van der Waals surface area contributed by atoms with E-state index < -0.39 is 44.3 Å². The number of hydrogen-bond donors (Lipinski definition) is 5. The van der Waals surface area contributed by atoms with Gasteiger partial charge in [0.2, 0.25) is 11.8 Å². The number of carbonyl (C=O) groups excluding carboxylic acids is 4. The summed E-state index contributed by atoms with van der Waals surface area (Å²) in [4.78, 5) is 53.0. The summed E-state index contributed by atoms with van der Waals surface area (Å²) in [7, 11) is -0.515. The third kappa shape index (κ3) is 25.1. The van der Waals surface area contributed by atoms with Gasteiger partial charge in [-0.1, -0.05) is 101 Å². The lowest BCUT2D eigenvalue weighted by molar-refractivity contribution is -0.128. The number of methoxy groups -OCH3 is 1. The van der Waals surface area contributed by atoms with E-state index >= 15 is 0 Å². The van der Waals surface area contributed by atoms with Crippen LogP contribution in [0.2, 0.25) is 18.1 Å². The number of rotatable bonds is 40. The lowest BCUT2D eigenvalue weighted by atomic mass is 9.98. The molecule has 1 aliphatic carbocycles. The van der Waals surface area contributed by atoms with Gasteiger partial charge in [0.1, 0.15) is 25.3 Å². The quantitative estimate of drug-likeness (QED) is 0.0224. The molecule has 3 aromatic carbocycles. The molecular weight excluding hydrogens is 1050 g/mol. The Morgan fingerprint density at radius 3 is 1.65 bits per heavy atom. The summed E-state index contributed by atoms with van der Waals surface area (Å²) in [5, 5.41) is 11.0. The normalized spacial score (nSPS) is 13.0. The first-order chi connectivity index (χ1) is 38.5. The van der Waals surface area contributed by atoms with Gasteiger partial charge in [-0.2, -0.15) is 0 Å². The van der Waals surface area contributed by atoms with E-state index in [2.05, 4.69) is 79.1 Å². The van der Waals surface area contributed by atoms with E-state index in [4.69, 9.17) is 57.5 Å². The van der Waals surface area contributed by atoms with Gasteiger partial charge in [-0.15, -0.1) is 0 Å². The summed E-state index contributed by atoms with van der Waals surface area (Å²) in [6.45, 7) is 22.5. The molecule has 0 aromatic heterocycles. The monoisotopic (exact) mass is 1140 g/mol. The second-order valence-corrected chi connectivity index (χ2v) is 25.5. The van der Waals surface area contributed by atoms with Gasteiger partial charge >= 0.3 is 12.1 Å². The highest BCUT2D eigenvalue weighted by atomic mass is 28.4. The van der Waals surface area contributed by atoms with Crippen LogP contribution in [0.25, 0.3) is 11.1 Å². The van der Waals surface area contributed by atoms with Crippen LogP contribution in [0.3, 0.4) is 0 Å². The van der Waals surface area contributed by atoms with Crippen LogP contribution in [0.15, 0.2) is 66.7 Å². The summed E-state index contributed by atoms with van der Waals surface area (Å²) >= 11 is 0. The van der Waals surface area contributed by atoms with Gasteiger partial charge < -0.3 is 78.8 Å². The minimum atomic E-state index is -2.15. The second kappa shape index (κ2) is 37.5. The summed E-state index contributed by atoms with van der Waals surface area (Å²) in [5.74, 6) is 4.66.